The third kappa shape index (κ3) is 2.06. The molecule has 3 unspecified atom stereocenters. The molecule has 0 aromatic heterocycles. The van der Waals surface area contributed by atoms with Gasteiger partial charge in [0.25, 0.3) is 0 Å². The van der Waals surface area contributed by atoms with E-state index in [1.54, 1.807) is 0 Å². The lowest BCUT2D eigenvalue weighted by Crippen LogP contribution is -2.38. The Labute approximate surface area is 108 Å². The van der Waals surface area contributed by atoms with Crippen LogP contribution in [0.4, 0.5) is 0 Å². The van der Waals surface area contributed by atoms with E-state index in [2.05, 4.69) is 24.1 Å². The summed E-state index contributed by atoms with van der Waals surface area (Å²) in [5, 5.41) is 11.7. The number of benzene rings is 1. The molecule has 0 saturated carbocycles. The van der Waals surface area contributed by atoms with E-state index in [0.29, 0.717) is 12.0 Å². The van der Waals surface area contributed by atoms with E-state index in [9.17, 15) is 5.11 Å². The van der Waals surface area contributed by atoms with Crippen LogP contribution in [0.3, 0.4) is 0 Å². The highest BCUT2D eigenvalue weighted by molar-refractivity contribution is 5.19. The van der Waals surface area contributed by atoms with Crippen LogP contribution in [-0.4, -0.2) is 54.5 Å². The molecule has 3 rings (SSSR count). The van der Waals surface area contributed by atoms with Crippen molar-refractivity contribution >= 4 is 0 Å². The molecule has 2 aliphatic rings. The summed E-state index contributed by atoms with van der Waals surface area (Å²) >= 11 is 0. The molecule has 1 N–H and O–H groups in total. The number of aliphatic hydroxyl groups is 1. The highest BCUT2D eigenvalue weighted by atomic mass is 16.7. The van der Waals surface area contributed by atoms with Gasteiger partial charge in [-0.05, 0) is 12.6 Å². The van der Waals surface area contributed by atoms with Gasteiger partial charge in [0.05, 0.1) is 25.3 Å². The van der Waals surface area contributed by atoms with E-state index in [1.165, 1.54) is 0 Å². The Morgan fingerprint density at radius 1 is 1.33 bits per heavy atom. The summed E-state index contributed by atoms with van der Waals surface area (Å²) < 4.78 is 0. The molecule has 2 aliphatic heterocycles. The molecule has 2 saturated heterocycles. The SMILES string of the molecule is CN1CC2CON(C(CO)c3ccccc3)C2C1. The lowest BCUT2D eigenvalue weighted by Gasteiger charge is -2.30. The zero-order valence-electron chi connectivity index (χ0n) is 10.7. The molecule has 98 valence electrons. The van der Waals surface area contributed by atoms with Crippen LogP contribution >= 0.6 is 0 Å². The van der Waals surface area contributed by atoms with Gasteiger partial charge in [0.15, 0.2) is 0 Å². The minimum atomic E-state index is -0.0484. The fourth-order valence-corrected chi connectivity index (χ4v) is 3.12. The molecule has 1 aromatic carbocycles. The predicted octanol–water partition coefficient (Wildman–Crippen LogP) is 0.897. The van der Waals surface area contributed by atoms with Crippen molar-refractivity contribution in [2.24, 2.45) is 5.92 Å². The average Bonchev–Trinajstić information content (AvgIpc) is 2.92. The van der Waals surface area contributed by atoms with Gasteiger partial charge in [0, 0.05) is 19.0 Å². The molecule has 4 heteroatoms. The Bertz CT molecular complexity index is 398. The third-order valence-corrected chi connectivity index (χ3v) is 4.02. The number of hydrogen-bond acceptors (Lipinski definition) is 4. The van der Waals surface area contributed by atoms with Crippen molar-refractivity contribution in [1.29, 1.82) is 0 Å². The van der Waals surface area contributed by atoms with Crippen LogP contribution in [0.1, 0.15) is 11.6 Å². The molecule has 0 bridgehead atoms. The standard InChI is InChI=1S/C14H20N2O2/c1-15-7-12-10-18-16(13(12)8-15)14(9-17)11-5-3-2-4-6-11/h2-6,12-14,17H,7-10H2,1H3. The van der Waals surface area contributed by atoms with Gasteiger partial charge >= 0.3 is 0 Å². The molecule has 1 aromatic rings. The van der Waals surface area contributed by atoms with E-state index in [1.807, 2.05) is 23.3 Å². The molecule has 0 amide bonds. The van der Waals surface area contributed by atoms with Gasteiger partial charge in [-0.1, -0.05) is 30.3 Å². The predicted molar refractivity (Wildman–Crippen MR) is 68.8 cm³/mol. The van der Waals surface area contributed by atoms with Gasteiger partial charge in [0.1, 0.15) is 0 Å². The maximum absolute atomic E-state index is 9.69. The topological polar surface area (TPSA) is 35.9 Å². The van der Waals surface area contributed by atoms with Crippen molar-refractivity contribution < 1.29 is 9.94 Å². The number of hydrogen-bond donors (Lipinski definition) is 1. The fraction of sp³-hybridized carbons (Fsp3) is 0.571. The summed E-state index contributed by atoms with van der Waals surface area (Å²) in [5.74, 6) is 0.577. The zero-order valence-corrected chi connectivity index (χ0v) is 10.7. The Kier molecular flexibility index (Phi) is 3.35. The Hall–Kier alpha value is -0.940. The number of rotatable bonds is 3. The summed E-state index contributed by atoms with van der Waals surface area (Å²) in [7, 11) is 2.15. The van der Waals surface area contributed by atoms with Gasteiger partial charge in [-0.15, -0.1) is 0 Å². The molecule has 0 spiro atoms. The van der Waals surface area contributed by atoms with Crippen LogP contribution < -0.4 is 0 Å². The lowest BCUT2D eigenvalue weighted by molar-refractivity contribution is -0.174. The molecule has 0 aliphatic carbocycles. The number of fused-ring (bicyclic) bond motifs is 1. The van der Waals surface area contributed by atoms with E-state index in [-0.39, 0.29) is 12.6 Å². The second kappa shape index (κ2) is 4.97. The smallest absolute Gasteiger partial charge is 0.0836 e. The van der Waals surface area contributed by atoms with Crippen molar-refractivity contribution in [2.45, 2.75) is 12.1 Å². The quantitative estimate of drug-likeness (QED) is 0.862. The van der Waals surface area contributed by atoms with Gasteiger partial charge in [0.2, 0.25) is 0 Å². The van der Waals surface area contributed by atoms with Crippen molar-refractivity contribution in [2.75, 3.05) is 33.4 Å². The number of likely N-dealkylation sites (N-methyl/N-ethyl adjacent to an activating group) is 1. The van der Waals surface area contributed by atoms with Crippen molar-refractivity contribution in [3.8, 4) is 0 Å². The molecule has 18 heavy (non-hydrogen) atoms. The average molecular weight is 248 g/mol. The first kappa shape index (κ1) is 12.1. The van der Waals surface area contributed by atoms with E-state index >= 15 is 0 Å². The summed E-state index contributed by atoms with van der Waals surface area (Å²) in [4.78, 5) is 8.16. The van der Waals surface area contributed by atoms with E-state index in [4.69, 9.17) is 4.84 Å². The second-order valence-corrected chi connectivity index (χ2v) is 5.31. The minimum Gasteiger partial charge on any atom is -0.394 e. The number of aliphatic hydroxyl groups excluding tert-OH is 1. The third-order valence-electron chi connectivity index (χ3n) is 4.02. The van der Waals surface area contributed by atoms with Crippen LogP contribution in [0.25, 0.3) is 0 Å². The van der Waals surface area contributed by atoms with Crippen LogP contribution in [-0.2, 0) is 4.84 Å². The Morgan fingerprint density at radius 3 is 2.83 bits per heavy atom. The monoisotopic (exact) mass is 248 g/mol. The number of nitrogens with zero attached hydrogens (tertiary/aromatic N) is 2. The molecular weight excluding hydrogens is 228 g/mol. The lowest BCUT2D eigenvalue weighted by atomic mass is 10.0. The second-order valence-electron chi connectivity index (χ2n) is 5.31. The van der Waals surface area contributed by atoms with Crippen molar-refractivity contribution in [3.05, 3.63) is 35.9 Å². The molecule has 3 atom stereocenters. The van der Waals surface area contributed by atoms with Crippen molar-refractivity contribution in [3.63, 3.8) is 0 Å². The molecular formula is C14H20N2O2. The van der Waals surface area contributed by atoms with Crippen molar-refractivity contribution in [1.82, 2.24) is 9.96 Å². The van der Waals surface area contributed by atoms with Crippen LogP contribution in [0.2, 0.25) is 0 Å². The normalized spacial score (nSPS) is 30.6. The maximum Gasteiger partial charge on any atom is 0.0836 e. The van der Waals surface area contributed by atoms with Crippen LogP contribution in [0.15, 0.2) is 30.3 Å². The highest BCUT2D eigenvalue weighted by Crippen LogP contribution is 2.34. The molecule has 2 heterocycles. The van der Waals surface area contributed by atoms with Gasteiger partial charge in [-0.3, -0.25) is 4.84 Å². The molecule has 0 radical (unpaired) electrons. The van der Waals surface area contributed by atoms with Gasteiger partial charge < -0.3 is 10.0 Å². The minimum absolute atomic E-state index is 0.0484. The number of hydroxylamine groups is 2. The summed E-state index contributed by atoms with van der Waals surface area (Å²) in [6.45, 7) is 2.98. The summed E-state index contributed by atoms with van der Waals surface area (Å²) in [5.41, 5.74) is 1.12. The van der Waals surface area contributed by atoms with E-state index < -0.39 is 0 Å². The molecule has 4 nitrogen and oxygen atoms in total. The largest absolute Gasteiger partial charge is 0.394 e. The Morgan fingerprint density at radius 2 is 2.11 bits per heavy atom. The van der Waals surface area contributed by atoms with Gasteiger partial charge in [-0.25, -0.2) is 0 Å². The summed E-state index contributed by atoms with van der Waals surface area (Å²) in [6.07, 6.45) is 0. The first-order valence-electron chi connectivity index (χ1n) is 6.55. The van der Waals surface area contributed by atoms with Gasteiger partial charge in [-0.2, -0.15) is 5.06 Å². The maximum atomic E-state index is 9.69. The Balaban J connectivity index is 1.81. The molecule has 2 fully saturated rings. The summed E-state index contributed by atoms with van der Waals surface area (Å²) in [6, 6.07) is 10.5. The van der Waals surface area contributed by atoms with Crippen LogP contribution in [0, 0.1) is 5.92 Å². The highest BCUT2D eigenvalue weighted by Gasteiger charge is 2.44. The van der Waals surface area contributed by atoms with Crippen LogP contribution in [0.5, 0.6) is 0 Å². The number of likely N-dealkylation sites (tertiary alicyclic amines) is 1. The first-order valence-corrected chi connectivity index (χ1v) is 6.55. The van der Waals surface area contributed by atoms with E-state index in [0.717, 1.165) is 25.3 Å². The first-order chi connectivity index (χ1) is 8.79. The fourth-order valence-electron chi connectivity index (χ4n) is 3.12. The zero-order chi connectivity index (χ0) is 12.5.